The normalized spacial score (nSPS) is 15.8. The number of aryl methyl sites for hydroxylation is 1. The number of rotatable bonds is 3. The lowest BCUT2D eigenvalue weighted by Crippen LogP contribution is -2.33. The van der Waals surface area contributed by atoms with Gasteiger partial charge in [-0.2, -0.15) is 5.10 Å². The minimum Gasteiger partial charge on any atom is -0.493 e. The maximum absolute atomic E-state index is 12.4. The molecule has 3 rings (SSSR count). The van der Waals surface area contributed by atoms with E-state index in [1.54, 1.807) is 19.1 Å². The van der Waals surface area contributed by atoms with Crippen molar-refractivity contribution < 1.29 is 5.11 Å². The fraction of sp³-hybridized carbons (Fsp3) is 0.421. The van der Waals surface area contributed by atoms with Crippen LogP contribution in [0.1, 0.15) is 43.7 Å². The highest BCUT2D eigenvalue weighted by atomic mass is 16.3. The van der Waals surface area contributed by atoms with Gasteiger partial charge in [-0.3, -0.25) is 14.8 Å². The lowest BCUT2D eigenvalue weighted by molar-refractivity contribution is 0.300. The van der Waals surface area contributed by atoms with Crippen molar-refractivity contribution in [3.8, 4) is 11.6 Å². The zero-order chi connectivity index (χ0) is 18.7. The molecule has 2 aromatic rings. The standard InChI is InChI=1S/C19H24N4O3/c1-13-9-5-6-10-15(13)23-18(25)16(17(24)20-19(23)26)14(2)21-22-11-7-3-4-8-12-22/h5-6,9-10,25H,3-4,7-8,11-12H2,1-2H3,(H,20,24,26). The number of para-hydroxylation sites is 1. The molecule has 0 saturated carbocycles. The van der Waals surface area contributed by atoms with Crippen LogP contribution in [0.15, 0.2) is 39.0 Å². The van der Waals surface area contributed by atoms with Crippen LogP contribution < -0.4 is 11.2 Å². The van der Waals surface area contributed by atoms with Crippen molar-refractivity contribution in [2.24, 2.45) is 5.10 Å². The fourth-order valence-corrected chi connectivity index (χ4v) is 3.31. The van der Waals surface area contributed by atoms with E-state index in [0.717, 1.165) is 36.1 Å². The molecule has 1 saturated heterocycles. The van der Waals surface area contributed by atoms with Crippen LogP contribution >= 0.6 is 0 Å². The van der Waals surface area contributed by atoms with Crippen molar-refractivity contribution in [1.82, 2.24) is 14.6 Å². The van der Waals surface area contributed by atoms with E-state index in [4.69, 9.17) is 0 Å². The second-order valence-corrected chi connectivity index (χ2v) is 6.63. The van der Waals surface area contributed by atoms with Gasteiger partial charge in [0.2, 0.25) is 5.88 Å². The summed E-state index contributed by atoms with van der Waals surface area (Å²) in [7, 11) is 0. The minimum absolute atomic E-state index is 0.0251. The minimum atomic E-state index is -0.673. The number of nitrogens with zero attached hydrogens (tertiary/aromatic N) is 3. The quantitative estimate of drug-likeness (QED) is 0.825. The summed E-state index contributed by atoms with van der Waals surface area (Å²) < 4.78 is 1.12. The van der Waals surface area contributed by atoms with Crippen molar-refractivity contribution in [2.45, 2.75) is 39.5 Å². The summed E-state index contributed by atoms with van der Waals surface area (Å²) in [6.45, 7) is 5.17. The van der Waals surface area contributed by atoms with Crippen LogP contribution in [-0.4, -0.2) is 38.5 Å². The molecule has 1 fully saturated rings. The SMILES string of the molecule is CC(=NN1CCCCCC1)c1c(O)n(-c2ccccc2C)c(=O)[nH]c1=O. The van der Waals surface area contributed by atoms with Crippen molar-refractivity contribution in [3.05, 3.63) is 56.2 Å². The fourth-order valence-electron chi connectivity index (χ4n) is 3.31. The van der Waals surface area contributed by atoms with Gasteiger partial charge in [-0.05, 0) is 38.3 Å². The molecule has 0 unspecified atom stereocenters. The molecule has 0 atom stereocenters. The van der Waals surface area contributed by atoms with E-state index in [-0.39, 0.29) is 11.4 Å². The van der Waals surface area contributed by atoms with Crippen LogP contribution in [0.5, 0.6) is 5.88 Å². The number of aromatic amines is 1. The highest BCUT2D eigenvalue weighted by Crippen LogP contribution is 2.20. The van der Waals surface area contributed by atoms with Gasteiger partial charge in [0.25, 0.3) is 5.56 Å². The second-order valence-electron chi connectivity index (χ2n) is 6.63. The smallest absolute Gasteiger partial charge is 0.335 e. The van der Waals surface area contributed by atoms with Crippen molar-refractivity contribution >= 4 is 5.71 Å². The van der Waals surface area contributed by atoms with Gasteiger partial charge >= 0.3 is 5.69 Å². The van der Waals surface area contributed by atoms with Crippen LogP contribution in [0.2, 0.25) is 0 Å². The van der Waals surface area contributed by atoms with Crippen molar-refractivity contribution in [2.75, 3.05) is 13.1 Å². The number of aromatic hydroxyl groups is 1. The molecule has 2 N–H and O–H groups in total. The first-order valence-corrected chi connectivity index (χ1v) is 8.94. The van der Waals surface area contributed by atoms with Gasteiger partial charge < -0.3 is 5.11 Å². The highest BCUT2D eigenvalue weighted by Gasteiger charge is 2.19. The Morgan fingerprint density at radius 3 is 2.42 bits per heavy atom. The van der Waals surface area contributed by atoms with E-state index in [9.17, 15) is 14.7 Å². The Hall–Kier alpha value is -2.83. The predicted octanol–water partition coefficient (Wildman–Crippen LogP) is 2.14. The van der Waals surface area contributed by atoms with Gasteiger partial charge in [-0.15, -0.1) is 0 Å². The summed E-state index contributed by atoms with van der Waals surface area (Å²) in [5.41, 5.74) is 0.451. The third-order valence-electron chi connectivity index (χ3n) is 4.68. The number of H-pyrrole nitrogens is 1. The van der Waals surface area contributed by atoms with Gasteiger partial charge in [-0.25, -0.2) is 9.36 Å². The first-order valence-electron chi connectivity index (χ1n) is 8.94. The lowest BCUT2D eigenvalue weighted by atomic mass is 10.1. The van der Waals surface area contributed by atoms with E-state index >= 15 is 0 Å². The summed E-state index contributed by atoms with van der Waals surface area (Å²) in [4.78, 5) is 27.0. The molecule has 1 aromatic heterocycles. The molecule has 2 heterocycles. The summed E-state index contributed by atoms with van der Waals surface area (Å²) in [6, 6.07) is 7.18. The average Bonchev–Trinajstić information content (AvgIpc) is 2.84. The van der Waals surface area contributed by atoms with Crippen molar-refractivity contribution in [1.29, 1.82) is 0 Å². The van der Waals surface area contributed by atoms with E-state index in [0.29, 0.717) is 11.4 Å². The summed E-state index contributed by atoms with van der Waals surface area (Å²) >= 11 is 0. The Kier molecular flexibility index (Phi) is 5.25. The van der Waals surface area contributed by atoms with Crippen LogP contribution in [0.3, 0.4) is 0 Å². The molecule has 1 aliphatic heterocycles. The number of hydrogen-bond acceptors (Lipinski definition) is 5. The number of nitrogens with one attached hydrogen (secondary N) is 1. The van der Waals surface area contributed by atoms with Crippen molar-refractivity contribution in [3.63, 3.8) is 0 Å². The molecule has 26 heavy (non-hydrogen) atoms. The molecule has 7 heteroatoms. The number of benzene rings is 1. The molecule has 0 radical (unpaired) electrons. The summed E-state index contributed by atoms with van der Waals surface area (Å²) in [6.07, 6.45) is 4.47. The van der Waals surface area contributed by atoms with Gasteiger partial charge in [0.05, 0.1) is 11.4 Å². The number of hydrazone groups is 1. The zero-order valence-corrected chi connectivity index (χ0v) is 15.2. The Balaban J connectivity index is 2.11. The van der Waals surface area contributed by atoms with Gasteiger partial charge in [0.15, 0.2) is 0 Å². The van der Waals surface area contributed by atoms with Gasteiger partial charge in [0, 0.05) is 13.1 Å². The third kappa shape index (κ3) is 3.56. The van der Waals surface area contributed by atoms with Gasteiger partial charge in [-0.1, -0.05) is 31.0 Å². The lowest BCUT2D eigenvalue weighted by Gasteiger charge is -2.18. The molecule has 138 valence electrons. The maximum Gasteiger partial charge on any atom is 0.335 e. The summed E-state index contributed by atoms with van der Waals surface area (Å²) in [5, 5.41) is 17.2. The predicted molar refractivity (Wildman–Crippen MR) is 101 cm³/mol. The molecule has 0 aliphatic carbocycles. The van der Waals surface area contributed by atoms with Crippen LogP contribution in [-0.2, 0) is 0 Å². The molecule has 0 amide bonds. The number of hydrogen-bond donors (Lipinski definition) is 2. The summed E-state index contributed by atoms with van der Waals surface area (Å²) in [5.74, 6) is -0.385. The Bertz CT molecular complexity index is 935. The highest BCUT2D eigenvalue weighted by molar-refractivity contribution is 6.00. The number of aromatic nitrogens is 2. The monoisotopic (exact) mass is 356 g/mol. The van der Waals surface area contributed by atoms with E-state index in [1.807, 2.05) is 24.1 Å². The van der Waals surface area contributed by atoms with Gasteiger partial charge in [0.1, 0.15) is 5.56 Å². The third-order valence-corrected chi connectivity index (χ3v) is 4.68. The second kappa shape index (κ2) is 7.59. The van der Waals surface area contributed by atoms with E-state index in [1.165, 1.54) is 12.8 Å². The molecule has 7 nitrogen and oxygen atoms in total. The van der Waals surface area contributed by atoms with E-state index in [2.05, 4.69) is 10.1 Å². The molecular formula is C19H24N4O3. The average molecular weight is 356 g/mol. The molecule has 0 bridgehead atoms. The van der Waals surface area contributed by atoms with Crippen LogP contribution in [0, 0.1) is 6.92 Å². The largest absolute Gasteiger partial charge is 0.493 e. The molecule has 1 aliphatic rings. The molecule has 1 aromatic carbocycles. The maximum atomic E-state index is 12.4. The Labute approximate surface area is 151 Å². The first-order chi connectivity index (χ1) is 12.5. The first kappa shape index (κ1) is 18.0. The Morgan fingerprint density at radius 2 is 1.77 bits per heavy atom. The van der Waals surface area contributed by atoms with E-state index < -0.39 is 11.2 Å². The van der Waals surface area contributed by atoms with Crippen LogP contribution in [0.25, 0.3) is 5.69 Å². The Morgan fingerprint density at radius 1 is 1.12 bits per heavy atom. The molecule has 0 spiro atoms. The van der Waals surface area contributed by atoms with Crippen LogP contribution in [0.4, 0.5) is 0 Å². The topological polar surface area (TPSA) is 90.7 Å². The zero-order valence-electron chi connectivity index (χ0n) is 15.2. The molecular weight excluding hydrogens is 332 g/mol.